The lowest BCUT2D eigenvalue weighted by molar-refractivity contribution is -0.121. The molecule has 2 aliphatic heterocycles. The highest BCUT2D eigenvalue weighted by Gasteiger charge is 2.32. The van der Waals surface area contributed by atoms with Crippen molar-refractivity contribution < 1.29 is 14.0 Å². The van der Waals surface area contributed by atoms with Crippen LogP contribution in [-0.2, 0) is 4.79 Å². The molecule has 2 amide bonds. The third-order valence-corrected chi connectivity index (χ3v) is 6.83. The summed E-state index contributed by atoms with van der Waals surface area (Å²) in [7, 11) is 0. The zero-order valence-corrected chi connectivity index (χ0v) is 19.2. The van der Waals surface area contributed by atoms with E-state index in [0.717, 1.165) is 38.8 Å². The van der Waals surface area contributed by atoms with Crippen molar-refractivity contribution in [2.24, 2.45) is 5.92 Å². The third-order valence-electron chi connectivity index (χ3n) is 6.39. The molecular weight excluding hydrogens is 452 g/mol. The second-order valence-corrected chi connectivity index (χ2v) is 9.36. The number of likely N-dealkylation sites (tertiary alicyclic amines) is 2. The molecule has 0 aromatic heterocycles. The molecule has 0 radical (unpaired) electrons. The van der Waals surface area contributed by atoms with Crippen molar-refractivity contribution in [3.05, 3.63) is 63.9 Å². The molecule has 2 aromatic rings. The van der Waals surface area contributed by atoms with Crippen LogP contribution in [0.2, 0.25) is 10.0 Å². The molecular formula is C24H26Cl2FN3O2. The Balaban J connectivity index is 1.24. The van der Waals surface area contributed by atoms with Gasteiger partial charge in [-0.1, -0.05) is 23.2 Å². The van der Waals surface area contributed by atoms with Crippen LogP contribution in [0.4, 0.5) is 10.1 Å². The summed E-state index contributed by atoms with van der Waals surface area (Å²) in [5.41, 5.74) is 1.14. The Bertz CT molecular complexity index is 949. The molecule has 0 spiro atoms. The number of hydrogen-bond acceptors (Lipinski definition) is 3. The van der Waals surface area contributed by atoms with E-state index in [9.17, 15) is 14.0 Å². The summed E-state index contributed by atoms with van der Waals surface area (Å²) in [4.78, 5) is 29.7. The van der Waals surface area contributed by atoms with Crippen LogP contribution in [0.1, 0.15) is 36.0 Å². The van der Waals surface area contributed by atoms with Gasteiger partial charge in [0, 0.05) is 46.3 Å². The molecule has 0 saturated carbocycles. The van der Waals surface area contributed by atoms with E-state index in [1.807, 2.05) is 4.90 Å². The number of nitrogens with zero attached hydrogens (tertiary/aromatic N) is 2. The number of benzene rings is 2. The second-order valence-electron chi connectivity index (χ2n) is 8.49. The molecule has 5 nitrogen and oxygen atoms in total. The van der Waals surface area contributed by atoms with Crippen molar-refractivity contribution in [2.75, 3.05) is 31.5 Å². The predicted octanol–water partition coefficient (Wildman–Crippen LogP) is 5.09. The first-order valence-corrected chi connectivity index (χ1v) is 11.7. The molecule has 2 fully saturated rings. The molecule has 1 N–H and O–H groups in total. The normalized spacial score (nSPS) is 18.5. The Labute approximate surface area is 197 Å². The van der Waals surface area contributed by atoms with Crippen molar-refractivity contribution >= 4 is 40.7 Å². The van der Waals surface area contributed by atoms with Crippen LogP contribution in [0.5, 0.6) is 0 Å². The minimum absolute atomic E-state index is 0.00291. The summed E-state index contributed by atoms with van der Waals surface area (Å²) in [6.07, 6.45) is 3.42. The second kappa shape index (κ2) is 10.2. The molecule has 2 heterocycles. The molecule has 2 aliphatic rings. The zero-order chi connectivity index (χ0) is 22.7. The highest BCUT2D eigenvalue weighted by molar-refractivity contribution is 6.35. The number of carbonyl (C=O) groups excluding carboxylic acids is 2. The van der Waals surface area contributed by atoms with Gasteiger partial charge in [0.1, 0.15) is 5.82 Å². The van der Waals surface area contributed by atoms with E-state index in [1.54, 1.807) is 30.3 Å². The number of carbonyl (C=O) groups is 2. The molecule has 0 atom stereocenters. The number of rotatable bonds is 4. The van der Waals surface area contributed by atoms with Crippen molar-refractivity contribution in [3.8, 4) is 0 Å². The topological polar surface area (TPSA) is 52.7 Å². The fourth-order valence-electron chi connectivity index (χ4n) is 4.60. The summed E-state index contributed by atoms with van der Waals surface area (Å²) in [6, 6.07) is 11.2. The summed E-state index contributed by atoms with van der Waals surface area (Å²) < 4.78 is 13.0. The van der Waals surface area contributed by atoms with Gasteiger partial charge < -0.3 is 15.1 Å². The quantitative estimate of drug-likeness (QED) is 0.667. The van der Waals surface area contributed by atoms with Gasteiger partial charge in [0.05, 0.1) is 0 Å². The number of amides is 2. The van der Waals surface area contributed by atoms with Crippen molar-refractivity contribution in [2.45, 2.75) is 31.7 Å². The first-order chi connectivity index (χ1) is 15.4. The van der Waals surface area contributed by atoms with Gasteiger partial charge in [-0.2, -0.15) is 0 Å². The van der Waals surface area contributed by atoms with E-state index in [1.165, 1.54) is 12.1 Å². The van der Waals surface area contributed by atoms with E-state index in [-0.39, 0.29) is 23.5 Å². The lowest BCUT2D eigenvalue weighted by Crippen LogP contribution is -2.49. The summed E-state index contributed by atoms with van der Waals surface area (Å²) in [6.45, 7) is 3.12. The number of nitrogens with one attached hydrogen (secondary N) is 1. The lowest BCUT2D eigenvalue weighted by atomic mass is 9.92. The van der Waals surface area contributed by atoms with Gasteiger partial charge in [-0.3, -0.25) is 9.59 Å². The van der Waals surface area contributed by atoms with E-state index >= 15 is 0 Å². The average molecular weight is 478 g/mol. The number of halogens is 3. The predicted molar refractivity (Wildman–Crippen MR) is 125 cm³/mol. The highest BCUT2D eigenvalue weighted by Crippen LogP contribution is 2.26. The maximum absolute atomic E-state index is 13.0. The van der Waals surface area contributed by atoms with Crippen molar-refractivity contribution in [3.63, 3.8) is 0 Å². The zero-order valence-electron chi connectivity index (χ0n) is 17.7. The molecule has 2 saturated heterocycles. The maximum Gasteiger partial charge on any atom is 0.253 e. The van der Waals surface area contributed by atoms with Gasteiger partial charge in [-0.15, -0.1) is 0 Å². The molecule has 2 aromatic carbocycles. The molecule has 0 aliphatic carbocycles. The summed E-state index contributed by atoms with van der Waals surface area (Å²) in [5, 5.41) is 3.81. The number of anilines is 1. The van der Waals surface area contributed by atoms with Gasteiger partial charge in [0.25, 0.3) is 5.91 Å². The first kappa shape index (κ1) is 23.0. The summed E-state index contributed by atoms with van der Waals surface area (Å²) in [5.74, 6) is -0.396. The monoisotopic (exact) mass is 477 g/mol. The van der Waals surface area contributed by atoms with E-state index < -0.39 is 0 Å². The first-order valence-electron chi connectivity index (χ1n) is 10.9. The maximum atomic E-state index is 13.0. The molecule has 170 valence electrons. The molecule has 8 heteroatoms. The number of piperidine rings is 2. The van der Waals surface area contributed by atoms with Gasteiger partial charge in [-0.25, -0.2) is 4.39 Å². The fraction of sp³-hybridized carbons (Fsp3) is 0.417. The Morgan fingerprint density at radius 2 is 1.47 bits per heavy atom. The Morgan fingerprint density at radius 1 is 0.875 bits per heavy atom. The van der Waals surface area contributed by atoms with Crippen molar-refractivity contribution in [1.82, 2.24) is 9.80 Å². The van der Waals surface area contributed by atoms with Gasteiger partial charge in [0.15, 0.2) is 0 Å². The SMILES string of the molecule is O=C(Nc1ccc(F)cc1)C1CCN(C2CCN(C(=O)c3cc(Cl)cc(Cl)c3)CC2)CC1. The lowest BCUT2D eigenvalue weighted by Gasteiger charge is -2.41. The van der Waals surface area contributed by atoms with Crippen LogP contribution in [0.3, 0.4) is 0 Å². The van der Waals surface area contributed by atoms with Gasteiger partial charge >= 0.3 is 0 Å². The molecule has 4 rings (SSSR count). The van der Waals surface area contributed by atoms with Gasteiger partial charge in [0.2, 0.25) is 5.91 Å². The van der Waals surface area contributed by atoms with Crippen LogP contribution in [0.15, 0.2) is 42.5 Å². The van der Waals surface area contributed by atoms with Crippen LogP contribution in [-0.4, -0.2) is 53.8 Å². The molecule has 0 unspecified atom stereocenters. The number of hydrogen-bond donors (Lipinski definition) is 1. The minimum Gasteiger partial charge on any atom is -0.339 e. The Morgan fingerprint density at radius 3 is 2.06 bits per heavy atom. The van der Waals surface area contributed by atoms with E-state index in [2.05, 4.69) is 10.2 Å². The standard InChI is InChI=1S/C24H26Cl2FN3O2/c25-18-13-17(14-19(26)15-18)24(32)30-11-7-22(8-12-30)29-9-5-16(6-10-29)23(31)28-21-3-1-20(27)2-4-21/h1-4,13-16,22H,5-12H2,(H,28,31). The smallest absolute Gasteiger partial charge is 0.253 e. The van der Waals surface area contributed by atoms with Crippen LogP contribution >= 0.6 is 23.2 Å². The third kappa shape index (κ3) is 5.61. The Hall–Kier alpha value is -2.15. The summed E-state index contributed by atoms with van der Waals surface area (Å²) >= 11 is 12.1. The van der Waals surface area contributed by atoms with Gasteiger partial charge in [-0.05, 0) is 81.2 Å². The Kier molecular flexibility index (Phi) is 7.33. The van der Waals surface area contributed by atoms with E-state index in [0.29, 0.717) is 40.4 Å². The minimum atomic E-state index is -0.319. The fourth-order valence-corrected chi connectivity index (χ4v) is 5.12. The van der Waals surface area contributed by atoms with Crippen molar-refractivity contribution in [1.29, 1.82) is 0 Å². The average Bonchev–Trinajstić information content (AvgIpc) is 2.79. The van der Waals surface area contributed by atoms with Crippen LogP contribution < -0.4 is 5.32 Å². The van der Waals surface area contributed by atoms with Crippen LogP contribution in [0, 0.1) is 11.7 Å². The molecule has 0 bridgehead atoms. The molecule has 32 heavy (non-hydrogen) atoms. The highest BCUT2D eigenvalue weighted by atomic mass is 35.5. The van der Waals surface area contributed by atoms with E-state index in [4.69, 9.17) is 23.2 Å². The van der Waals surface area contributed by atoms with Crippen LogP contribution in [0.25, 0.3) is 0 Å². The largest absolute Gasteiger partial charge is 0.339 e.